The third-order valence-corrected chi connectivity index (χ3v) is 6.29. The van der Waals surface area contributed by atoms with E-state index in [1.54, 1.807) is 45.3 Å². The first-order chi connectivity index (χ1) is 15.2. The number of aromatic nitrogens is 1. The molecule has 0 bridgehead atoms. The van der Waals surface area contributed by atoms with Gasteiger partial charge in [0.05, 0.1) is 11.2 Å². The average Bonchev–Trinajstić information content (AvgIpc) is 2.70. The van der Waals surface area contributed by atoms with Crippen LogP contribution in [-0.4, -0.2) is 21.7 Å². The Morgan fingerprint density at radius 3 is 2.15 bits per heavy atom. The summed E-state index contributed by atoms with van der Waals surface area (Å²) in [6.07, 6.45) is -0.233. The van der Waals surface area contributed by atoms with Gasteiger partial charge in [0.15, 0.2) is 6.10 Å². The fraction of sp³-hybridized carbons (Fsp3) is 0.538. The number of carboxylic acid groups (broad SMARTS) is 1. The summed E-state index contributed by atoms with van der Waals surface area (Å²) in [6.45, 7) is 9.24. The molecule has 1 atom stereocenters. The van der Waals surface area contributed by atoms with E-state index in [0.29, 0.717) is 29.5 Å². The Bertz CT molecular complexity index is 984. The quantitative estimate of drug-likeness (QED) is 0.502. The molecular weight excluding hydrogens is 431 g/mol. The van der Waals surface area contributed by atoms with Gasteiger partial charge in [-0.25, -0.2) is 4.79 Å². The van der Waals surface area contributed by atoms with Gasteiger partial charge in [-0.15, -0.1) is 0 Å². The molecule has 1 aliphatic carbocycles. The van der Waals surface area contributed by atoms with Crippen LogP contribution in [0, 0.1) is 5.41 Å². The predicted octanol–water partition coefficient (Wildman–Crippen LogP) is 7.39. The maximum atomic E-state index is 14.3. The van der Waals surface area contributed by atoms with Gasteiger partial charge in [-0.1, -0.05) is 19.9 Å². The van der Waals surface area contributed by atoms with E-state index in [4.69, 9.17) is 4.74 Å². The number of ether oxygens (including phenoxy) is 1. The Morgan fingerprint density at radius 1 is 1.09 bits per heavy atom. The molecule has 1 aromatic heterocycles. The van der Waals surface area contributed by atoms with Gasteiger partial charge in [0.2, 0.25) is 0 Å². The maximum Gasteiger partial charge on any atom is 0.416 e. The molecule has 1 heterocycles. The number of nitrogens with zero attached hydrogens (tertiary/aromatic N) is 1. The summed E-state index contributed by atoms with van der Waals surface area (Å²) in [5.74, 6) is -1.64. The van der Waals surface area contributed by atoms with Crippen molar-refractivity contribution in [3.05, 3.63) is 53.3 Å². The first-order valence-corrected chi connectivity index (χ1v) is 11.2. The van der Waals surface area contributed by atoms with Crippen LogP contribution in [0.15, 0.2) is 36.7 Å². The van der Waals surface area contributed by atoms with Crippen molar-refractivity contribution in [2.24, 2.45) is 5.41 Å². The standard InChI is InChI=1S/C26H32F3NO3/c1-24(2,3)33-22(23(31)32)21-19(26(27,28)29)7-6-18(16-10-14-30-15-11-16)20(21)17-8-12-25(4,5)13-9-17/h6-7,10-11,14-15,17,22H,8-9,12-13H2,1-5H3,(H,31,32). The van der Waals surface area contributed by atoms with E-state index in [-0.39, 0.29) is 16.9 Å². The summed E-state index contributed by atoms with van der Waals surface area (Å²) in [4.78, 5) is 16.4. The molecule has 1 fully saturated rings. The van der Waals surface area contributed by atoms with Crippen LogP contribution in [-0.2, 0) is 15.7 Å². The van der Waals surface area contributed by atoms with E-state index in [0.717, 1.165) is 18.9 Å². The van der Waals surface area contributed by atoms with Crippen molar-refractivity contribution in [1.29, 1.82) is 0 Å². The van der Waals surface area contributed by atoms with Crippen molar-refractivity contribution in [3.8, 4) is 11.1 Å². The summed E-state index contributed by atoms with van der Waals surface area (Å²) in [7, 11) is 0. The van der Waals surface area contributed by atoms with E-state index < -0.39 is 29.4 Å². The largest absolute Gasteiger partial charge is 0.479 e. The Hall–Kier alpha value is -2.41. The summed E-state index contributed by atoms with van der Waals surface area (Å²) in [6, 6.07) is 5.93. The number of pyridine rings is 1. The van der Waals surface area contributed by atoms with Crippen molar-refractivity contribution in [2.75, 3.05) is 0 Å². The molecule has 180 valence electrons. The SMILES string of the molecule is CC1(C)CCC(c2c(-c3ccncc3)ccc(C(F)(F)F)c2C(OC(C)(C)C)C(=O)O)CC1. The molecule has 4 nitrogen and oxygen atoms in total. The molecule has 1 saturated carbocycles. The molecular formula is C26H32F3NO3. The van der Waals surface area contributed by atoms with Gasteiger partial charge in [-0.3, -0.25) is 4.98 Å². The Labute approximate surface area is 193 Å². The average molecular weight is 464 g/mol. The monoisotopic (exact) mass is 463 g/mol. The highest BCUT2D eigenvalue weighted by Gasteiger charge is 2.43. The van der Waals surface area contributed by atoms with Crippen LogP contribution >= 0.6 is 0 Å². The van der Waals surface area contributed by atoms with E-state index in [1.807, 2.05) is 0 Å². The zero-order valence-electron chi connectivity index (χ0n) is 19.8. The van der Waals surface area contributed by atoms with Crippen LogP contribution in [0.4, 0.5) is 13.2 Å². The third kappa shape index (κ3) is 5.94. The lowest BCUT2D eigenvalue weighted by molar-refractivity contribution is -0.163. The van der Waals surface area contributed by atoms with Crippen molar-refractivity contribution in [2.45, 2.75) is 84.1 Å². The van der Waals surface area contributed by atoms with Crippen molar-refractivity contribution < 1.29 is 27.8 Å². The van der Waals surface area contributed by atoms with Crippen molar-refractivity contribution in [3.63, 3.8) is 0 Å². The number of benzene rings is 1. The molecule has 0 spiro atoms. The number of hydrogen-bond donors (Lipinski definition) is 1. The minimum absolute atomic E-state index is 0.100. The molecule has 2 aromatic rings. The number of carboxylic acids is 1. The summed E-state index contributed by atoms with van der Waals surface area (Å²) < 4.78 is 48.5. The number of rotatable bonds is 5. The highest BCUT2D eigenvalue weighted by Crippen LogP contribution is 2.50. The summed E-state index contributed by atoms with van der Waals surface area (Å²) in [5.41, 5.74) is -0.328. The number of carbonyl (C=O) groups is 1. The van der Waals surface area contributed by atoms with Gasteiger partial charge < -0.3 is 9.84 Å². The molecule has 1 unspecified atom stereocenters. The second-order valence-electron chi connectivity index (χ2n) is 10.6. The van der Waals surface area contributed by atoms with Gasteiger partial charge in [0, 0.05) is 18.0 Å². The first-order valence-electron chi connectivity index (χ1n) is 11.2. The van der Waals surface area contributed by atoms with Crippen LogP contribution in [0.3, 0.4) is 0 Å². The lowest BCUT2D eigenvalue weighted by Crippen LogP contribution is -2.31. The first kappa shape index (κ1) is 25.2. The summed E-state index contributed by atoms with van der Waals surface area (Å²) >= 11 is 0. The van der Waals surface area contributed by atoms with E-state index in [9.17, 15) is 23.1 Å². The topological polar surface area (TPSA) is 59.4 Å². The molecule has 1 N–H and O–H groups in total. The predicted molar refractivity (Wildman–Crippen MR) is 121 cm³/mol. The van der Waals surface area contributed by atoms with E-state index >= 15 is 0 Å². The molecule has 1 aliphatic rings. The molecule has 7 heteroatoms. The van der Waals surface area contributed by atoms with Gasteiger partial charge in [0.1, 0.15) is 0 Å². The fourth-order valence-corrected chi connectivity index (χ4v) is 4.66. The second-order valence-corrected chi connectivity index (χ2v) is 10.6. The van der Waals surface area contributed by atoms with Gasteiger partial charge >= 0.3 is 12.1 Å². The number of halogens is 3. The van der Waals surface area contributed by atoms with Crippen LogP contribution in [0.1, 0.15) is 89.0 Å². The normalized spacial score (nSPS) is 18.2. The number of aliphatic carboxylic acids is 1. The molecule has 0 aliphatic heterocycles. The lowest BCUT2D eigenvalue weighted by atomic mass is 9.68. The zero-order valence-corrected chi connectivity index (χ0v) is 19.8. The molecule has 3 rings (SSSR count). The third-order valence-electron chi connectivity index (χ3n) is 6.29. The van der Waals surface area contributed by atoms with Crippen LogP contribution in [0.5, 0.6) is 0 Å². The molecule has 0 amide bonds. The maximum absolute atomic E-state index is 14.3. The van der Waals surface area contributed by atoms with Gasteiger partial charge in [-0.2, -0.15) is 13.2 Å². The highest BCUT2D eigenvalue weighted by atomic mass is 19.4. The van der Waals surface area contributed by atoms with Crippen LogP contribution in [0.25, 0.3) is 11.1 Å². The zero-order chi connectivity index (χ0) is 24.6. The Morgan fingerprint density at radius 2 is 1.67 bits per heavy atom. The van der Waals surface area contributed by atoms with Crippen LogP contribution in [0.2, 0.25) is 0 Å². The molecule has 1 aromatic carbocycles. The molecule has 0 saturated heterocycles. The smallest absolute Gasteiger partial charge is 0.416 e. The van der Waals surface area contributed by atoms with Gasteiger partial charge in [-0.05, 0) is 92.7 Å². The lowest BCUT2D eigenvalue weighted by Gasteiger charge is -2.38. The fourth-order valence-electron chi connectivity index (χ4n) is 4.66. The minimum atomic E-state index is -4.72. The number of alkyl halides is 3. The Kier molecular flexibility index (Phi) is 6.94. The molecule has 33 heavy (non-hydrogen) atoms. The van der Waals surface area contributed by atoms with E-state index in [1.165, 1.54) is 6.07 Å². The molecule has 0 radical (unpaired) electrons. The summed E-state index contributed by atoms with van der Waals surface area (Å²) in [5, 5.41) is 10.0. The van der Waals surface area contributed by atoms with Gasteiger partial charge in [0.25, 0.3) is 0 Å². The van der Waals surface area contributed by atoms with E-state index in [2.05, 4.69) is 18.8 Å². The number of hydrogen-bond acceptors (Lipinski definition) is 3. The van der Waals surface area contributed by atoms with Crippen molar-refractivity contribution in [1.82, 2.24) is 4.98 Å². The highest BCUT2D eigenvalue weighted by molar-refractivity contribution is 5.79. The Balaban J connectivity index is 2.34. The minimum Gasteiger partial charge on any atom is -0.479 e. The second kappa shape index (κ2) is 9.09. The van der Waals surface area contributed by atoms with Crippen LogP contribution < -0.4 is 0 Å². The van der Waals surface area contributed by atoms with Crippen molar-refractivity contribution >= 4 is 5.97 Å².